The average Bonchev–Trinajstić information content (AvgIpc) is 3.33. The van der Waals surface area contributed by atoms with Crippen LogP contribution in [0.3, 0.4) is 0 Å². The maximum Gasteiger partial charge on any atom is 0.145 e. The lowest BCUT2D eigenvalue weighted by Crippen LogP contribution is -2.57. The zero-order valence-electron chi connectivity index (χ0n) is 21.4. The van der Waals surface area contributed by atoms with Gasteiger partial charge in [-0.2, -0.15) is 0 Å². The molecule has 0 aromatic carbocycles. The number of hydrogen-bond acceptors (Lipinski definition) is 4. The topological polar surface area (TPSA) is 70.1 Å². The average molecular weight is 449 g/mol. The fourth-order valence-corrected chi connectivity index (χ4v) is 8.45. The lowest BCUT2D eigenvalue weighted by molar-refractivity contribution is -0.147. The van der Waals surface area contributed by atoms with E-state index in [0.717, 1.165) is 37.5 Å². The molecular formula is C28H48O4. The number of Topliss-reactive ketones (excluding diaryl/α,β-unsaturated/α-hetero) is 1. The molecule has 4 rings (SSSR count). The predicted octanol–water partition coefficient (Wildman–Crippen LogP) is 5.39. The van der Waals surface area contributed by atoms with E-state index in [2.05, 4.69) is 41.5 Å². The van der Waals surface area contributed by atoms with E-state index < -0.39 is 11.0 Å². The highest BCUT2D eigenvalue weighted by atomic mass is 16.6. The van der Waals surface area contributed by atoms with Crippen LogP contribution in [0.15, 0.2) is 0 Å². The second-order valence-corrected chi connectivity index (χ2v) is 13.0. The molecule has 1 spiro atoms. The molecule has 0 unspecified atom stereocenters. The number of carbonyl (C=O) groups excluding carboxylic acids is 1. The summed E-state index contributed by atoms with van der Waals surface area (Å²) in [7, 11) is 0. The minimum Gasteiger partial charge on any atom is -0.396 e. The fraction of sp³-hybridized carbons (Fsp3) is 0.964. The van der Waals surface area contributed by atoms with Crippen LogP contribution in [-0.2, 0) is 9.53 Å². The van der Waals surface area contributed by atoms with Gasteiger partial charge in [0.05, 0.1) is 17.6 Å². The van der Waals surface area contributed by atoms with Gasteiger partial charge in [-0.25, -0.2) is 0 Å². The van der Waals surface area contributed by atoms with Gasteiger partial charge in [0.25, 0.3) is 0 Å². The maximum atomic E-state index is 14.0. The van der Waals surface area contributed by atoms with Crippen molar-refractivity contribution in [1.29, 1.82) is 0 Å². The molecule has 0 aromatic heterocycles. The first kappa shape index (κ1) is 24.7. The highest BCUT2D eigenvalue weighted by Gasteiger charge is 2.75. The number of aliphatic hydroxyl groups is 2. The molecule has 3 aliphatic carbocycles. The molecule has 2 N–H and O–H groups in total. The lowest BCUT2D eigenvalue weighted by Gasteiger charge is -2.49. The standard InChI is InChI=1S/C28H48O4/c1-17(2)18(3)7-8-19(4)22-9-10-23(26(22,5)13-14-29)21-15-24-28(32-24)16-20(30)11-12-27(28,6)25(21)31/h17-24,29-30H,7-16H2,1-6H3/t18-,19+,20-,21-,22+,23-,24+,26+,27+,28+/m0/s1. The predicted molar refractivity (Wildman–Crippen MR) is 127 cm³/mol. The summed E-state index contributed by atoms with van der Waals surface area (Å²) in [5.74, 6) is 3.42. The zero-order chi connectivity index (χ0) is 23.5. The number of carbonyl (C=O) groups is 1. The first-order valence-corrected chi connectivity index (χ1v) is 13.5. The molecule has 0 amide bonds. The van der Waals surface area contributed by atoms with E-state index >= 15 is 0 Å². The summed E-state index contributed by atoms with van der Waals surface area (Å²) < 4.78 is 6.26. The van der Waals surface area contributed by atoms with Crippen LogP contribution in [0, 0.1) is 46.3 Å². The highest BCUT2D eigenvalue weighted by molar-refractivity contribution is 5.90. The van der Waals surface area contributed by atoms with Crippen LogP contribution in [0.5, 0.6) is 0 Å². The van der Waals surface area contributed by atoms with Gasteiger partial charge in [-0.3, -0.25) is 4.79 Å². The summed E-state index contributed by atoms with van der Waals surface area (Å²) in [6.07, 6.45) is 8.26. The van der Waals surface area contributed by atoms with Crippen LogP contribution in [-0.4, -0.2) is 40.4 Å². The molecule has 4 nitrogen and oxygen atoms in total. The normalized spacial score (nSPS) is 47.8. The van der Waals surface area contributed by atoms with Crippen LogP contribution in [0.1, 0.15) is 99.3 Å². The monoisotopic (exact) mass is 448 g/mol. The van der Waals surface area contributed by atoms with Gasteiger partial charge < -0.3 is 14.9 Å². The Morgan fingerprint density at radius 3 is 2.47 bits per heavy atom. The van der Waals surface area contributed by atoms with E-state index in [1.807, 2.05) is 0 Å². The second-order valence-electron chi connectivity index (χ2n) is 13.0. The van der Waals surface area contributed by atoms with Crippen molar-refractivity contribution in [3.63, 3.8) is 0 Å². The molecule has 0 bridgehead atoms. The van der Waals surface area contributed by atoms with Crippen LogP contribution in [0.4, 0.5) is 0 Å². The van der Waals surface area contributed by atoms with Crippen molar-refractivity contribution in [2.75, 3.05) is 6.61 Å². The van der Waals surface area contributed by atoms with Gasteiger partial charge in [0.1, 0.15) is 11.4 Å². The molecule has 10 atom stereocenters. The second kappa shape index (κ2) is 8.64. The Bertz CT molecular complexity index is 706. The van der Waals surface area contributed by atoms with Gasteiger partial charge in [-0.15, -0.1) is 0 Å². The first-order chi connectivity index (χ1) is 15.0. The highest BCUT2D eigenvalue weighted by Crippen LogP contribution is 2.68. The zero-order valence-corrected chi connectivity index (χ0v) is 21.4. The summed E-state index contributed by atoms with van der Waals surface area (Å²) in [5.41, 5.74) is -0.838. The van der Waals surface area contributed by atoms with E-state index in [1.165, 1.54) is 19.3 Å². The van der Waals surface area contributed by atoms with Gasteiger partial charge in [-0.1, -0.05) is 47.5 Å². The molecule has 4 heteroatoms. The smallest absolute Gasteiger partial charge is 0.145 e. The first-order valence-electron chi connectivity index (χ1n) is 13.5. The van der Waals surface area contributed by atoms with Crippen molar-refractivity contribution >= 4 is 5.78 Å². The molecule has 1 saturated heterocycles. The van der Waals surface area contributed by atoms with E-state index in [9.17, 15) is 15.0 Å². The molecule has 0 radical (unpaired) electrons. The largest absolute Gasteiger partial charge is 0.396 e. The van der Waals surface area contributed by atoms with E-state index in [1.54, 1.807) is 0 Å². The summed E-state index contributed by atoms with van der Waals surface area (Å²) >= 11 is 0. The minimum absolute atomic E-state index is 0.00892. The Morgan fingerprint density at radius 1 is 1.09 bits per heavy atom. The van der Waals surface area contributed by atoms with Gasteiger partial charge in [0.2, 0.25) is 0 Å². The van der Waals surface area contributed by atoms with Crippen molar-refractivity contribution in [2.24, 2.45) is 46.3 Å². The van der Waals surface area contributed by atoms with Crippen molar-refractivity contribution < 1.29 is 19.7 Å². The molecule has 3 saturated carbocycles. The number of rotatable bonds is 8. The molecule has 4 fully saturated rings. The molecule has 4 aliphatic rings. The number of hydrogen-bond donors (Lipinski definition) is 2. The van der Waals surface area contributed by atoms with Crippen LogP contribution < -0.4 is 0 Å². The molecule has 1 heterocycles. The maximum absolute atomic E-state index is 14.0. The Labute approximate surface area is 195 Å². The summed E-state index contributed by atoms with van der Waals surface area (Å²) in [5, 5.41) is 20.3. The number of epoxide rings is 1. The summed E-state index contributed by atoms with van der Waals surface area (Å²) in [4.78, 5) is 14.0. The molecular weight excluding hydrogens is 400 g/mol. The van der Waals surface area contributed by atoms with Crippen molar-refractivity contribution in [3.8, 4) is 0 Å². The van der Waals surface area contributed by atoms with Crippen LogP contribution in [0.25, 0.3) is 0 Å². The third-order valence-corrected chi connectivity index (χ3v) is 11.1. The Kier molecular flexibility index (Phi) is 6.66. The van der Waals surface area contributed by atoms with Gasteiger partial charge in [0.15, 0.2) is 0 Å². The third-order valence-electron chi connectivity index (χ3n) is 11.1. The van der Waals surface area contributed by atoms with Crippen molar-refractivity contribution in [1.82, 2.24) is 0 Å². The molecule has 1 aliphatic heterocycles. The summed E-state index contributed by atoms with van der Waals surface area (Å²) in [6.45, 7) is 14.1. The van der Waals surface area contributed by atoms with E-state index in [4.69, 9.17) is 4.74 Å². The quantitative estimate of drug-likeness (QED) is 0.489. The Hall–Kier alpha value is -0.450. The molecule has 32 heavy (non-hydrogen) atoms. The Morgan fingerprint density at radius 2 is 1.81 bits per heavy atom. The number of ketones is 1. The minimum atomic E-state index is -0.448. The fourth-order valence-electron chi connectivity index (χ4n) is 8.45. The van der Waals surface area contributed by atoms with Gasteiger partial charge in [0, 0.05) is 18.9 Å². The molecule has 184 valence electrons. The van der Waals surface area contributed by atoms with Gasteiger partial charge >= 0.3 is 0 Å². The van der Waals surface area contributed by atoms with Crippen LogP contribution in [0.2, 0.25) is 0 Å². The SMILES string of the molecule is CC(C)[C@@H](C)CC[C@@H](C)[C@H]1CC[C@@H]([C@@H]2C[C@H]3O[C@]34C[C@@H](O)CC[C@]4(C)C2=O)[C@]1(C)CCO. The molecule has 0 aromatic rings. The number of aliphatic hydroxyl groups excluding tert-OH is 2. The van der Waals surface area contributed by atoms with Crippen molar-refractivity contribution in [2.45, 2.75) is 117 Å². The van der Waals surface area contributed by atoms with E-state index in [0.29, 0.717) is 36.4 Å². The Balaban J connectivity index is 1.53. The van der Waals surface area contributed by atoms with E-state index in [-0.39, 0.29) is 30.1 Å². The van der Waals surface area contributed by atoms with Gasteiger partial charge in [-0.05, 0) is 80.5 Å². The lowest BCUT2D eigenvalue weighted by atomic mass is 9.52. The van der Waals surface area contributed by atoms with Crippen molar-refractivity contribution in [3.05, 3.63) is 0 Å². The number of ether oxygens (including phenoxy) is 1. The summed E-state index contributed by atoms with van der Waals surface area (Å²) in [6, 6.07) is 0. The van der Waals surface area contributed by atoms with Crippen LogP contribution >= 0.6 is 0 Å². The third kappa shape index (κ3) is 3.71.